The number of fused-ring (bicyclic) bond motifs is 3. The number of aromatic nitrogens is 2. The molecule has 4 rings (SSSR count). The summed E-state index contributed by atoms with van der Waals surface area (Å²) in [4.78, 5) is 22.8. The molecule has 1 aliphatic rings. The van der Waals surface area contributed by atoms with Crippen LogP contribution < -0.4 is 0 Å². The van der Waals surface area contributed by atoms with E-state index in [9.17, 15) is 4.79 Å². The zero-order valence-electron chi connectivity index (χ0n) is 16.7. The summed E-state index contributed by atoms with van der Waals surface area (Å²) in [5, 5.41) is 2.15. The summed E-state index contributed by atoms with van der Waals surface area (Å²) in [5.74, 6) is 3.87. The van der Waals surface area contributed by atoms with Crippen molar-refractivity contribution in [2.24, 2.45) is 5.92 Å². The highest BCUT2D eigenvalue weighted by Gasteiger charge is 2.38. The molecule has 2 heterocycles. The molecule has 1 fully saturated rings. The van der Waals surface area contributed by atoms with Crippen molar-refractivity contribution in [1.82, 2.24) is 14.9 Å². The van der Waals surface area contributed by atoms with Gasteiger partial charge in [0.2, 0.25) is 0 Å². The number of nitrogens with one attached hydrogen (secondary N) is 1. The van der Waals surface area contributed by atoms with Crippen LogP contribution in [0.2, 0.25) is 0 Å². The average Bonchev–Trinajstić information content (AvgIpc) is 3.23. The Hall–Kier alpha value is -3.00. The normalized spacial score (nSPS) is 19.9. The van der Waals surface area contributed by atoms with Crippen LogP contribution in [0, 0.1) is 18.3 Å². The number of benzene rings is 2. The summed E-state index contributed by atoms with van der Waals surface area (Å²) in [6, 6.07) is 9.88. The van der Waals surface area contributed by atoms with Gasteiger partial charge in [-0.3, -0.25) is 4.90 Å². The Morgan fingerprint density at radius 1 is 1.32 bits per heavy atom. The first-order valence-electron chi connectivity index (χ1n) is 9.64. The first-order chi connectivity index (χ1) is 13.2. The number of ether oxygens (including phenoxy) is 1. The van der Waals surface area contributed by atoms with Gasteiger partial charge in [-0.25, -0.2) is 9.78 Å². The van der Waals surface area contributed by atoms with E-state index in [4.69, 9.17) is 16.1 Å². The molecule has 0 spiro atoms. The maximum absolute atomic E-state index is 12.7. The van der Waals surface area contributed by atoms with Crippen LogP contribution in [0.25, 0.3) is 21.8 Å². The molecule has 1 N–H and O–H groups in total. The van der Waals surface area contributed by atoms with E-state index < -0.39 is 5.60 Å². The van der Waals surface area contributed by atoms with Gasteiger partial charge < -0.3 is 9.72 Å². The Kier molecular flexibility index (Phi) is 4.30. The maximum atomic E-state index is 12.7. The Labute approximate surface area is 165 Å². The van der Waals surface area contributed by atoms with E-state index in [1.165, 1.54) is 0 Å². The number of aromatic amines is 1. The van der Waals surface area contributed by atoms with Crippen molar-refractivity contribution in [2.75, 3.05) is 6.54 Å². The Morgan fingerprint density at radius 2 is 2.11 bits per heavy atom. The van der Waals surface area contributed by atoms with E-state index in [2.05, 4.69) is 17.8 Å². The highest BCUT2D eigenvalue weighted by Crippen LogP contribution is 2.36. The molecule has 2 aromatic carbocycles. The number of terminal acetylenes is 1. The summed E-state index contributed by atoms with van der Waals surface area (Å²) < 4.78 is 5.62. The zero-order valence-corrected chi connectivity index (χ0v) is 16.7. The Balaban J connectivity index is 1.74. The number of carbonyl (C=O) groups excluding carboxylic acids is 1. The molecule has 0 saturated carbocycles. The van der Waals surface area contributed by atoms with Gasteiger partial charge in [-0.05, 0) is 56.7 Å². The number of carbonyl (C=O) groups is 1. The first-order valence-corrected chi connectivity index (χ1v) is 9.64. The topological polar surface area (TPSA) is 58.2 Å². The minimum atomic E-state index is -0.522. The van der Waals surface area contributed by atoms with Crippen LogP contribution in [0.1, 0.15) is 51.5 Å². The van der Waals surface area contributed by atoms with Crippen molar-refractivity contribution < 1.29 is 9.53 Å². The minimum Gasteiger partial charge on any atom is -0.444 e. The predicted molar refractivity (Wildman–Crippen MR) is 111 cm³/mol. The molecule has 3 aromatic rings. The molecular weight excluding hydrogens is 350 g/mol. The Bertz CT molecular complexity index is 1100. The second-order valence-corrected chi connectivity index (χ2v) is 8.65. The van der Waals surface area contributed by atoms with Gasteiger partial charge in [0.1, 0.15) is 11.4 Å². The van der Waals surface area contributed by atoms with Crippen molar-refractivity contribution >= 4 is 27.9 Å². The smallest absolute Gasteiger partial charge is 0.410 e. The molecule has 0 bridgehead atoms. The van der Waals surface area contributed by atoms with Crippen molar-refractivity contribution in [1.29, 1.82) is 0 Å². The monoisotopic (exact) mass is 375 g/mol. The highest BCUT2D eigenvalue weighted by atomic mass is 16.6. The van der Waals surface area contributed by atoms with Crippen LogP contribution in [-0.4, -0.2) is 33.1 Å². The van der Waals surface area contributed by atoms with Crippen LogP contribution in [-0.2, 0) is 4.74 Å². The second-order valence-electron chi connectivity index (χ2n) is 8.65. The fourth-order valence-electron chi connectivity index (χ4n) is 3.90. The lowest BCUT2D eigenvalue weighted by atomic mass is 10.1. The van der Waals surface area contributed by atoms with Crippen molar-refractivity contribution in [2.45, 2.75) is 45.8 Å². The molecule has 5 heteroatoms. The molecule has 0 radical (unpaired) electrons. The zero-order chi connectivity index (χ0) is 20.1. The minimum absolute atomic E-state index is 0.114. The first kappa shape index (κ1) is 18.4. The van der Waals surface area contributed by atoms with E-state index >= 15 is 0 Å². The standard InChI is InChI=1S/C23H25N3O2/c1-6-15-7-9-17-16(12-15)8-10-18-20(17)25-21(24-18)19-11-14(2)13-26(19)22(27)28-23(3,4)5/h1,7-10,12,14,19H,11,13H2,2-5H3,(H,24,25)/t14-,19-/m0/s1. The number of imidazole rings is 1. The second kappa shape index (κ2) is 6.56. The number of amides is 1. The highest BCUT2D eigenvalue weighted by molar-refractivity contribution is 6.04. The summed E-state index contributed by atoms with van der Waals surface area (Å²) in [5.41, 5.74) is 2.19. The number of hydrogen-bond donors (Lipinski definition) is 1. The van der Waals surface area contributed by atoms with Crippen LogP contribution >= 0.6 is 0 Å². The molecule has 144 valence electrons. The summed E-state index contributed by atoms with van der Waals surface area (Å²) >= 11 is 0. The third-order valence-electron chi connectivity index (χ3n) is 5.11. The van der Waals surface area contributed by atoms with Gasteiger partial charge in [-0.15, -0.1) is 6.42 Å². The molecule has 5 nitrogen and oxygen atoms in total. The summed E-state index contributed by atoms with van der Waals surface area (Å²) in [6.07, 6.45) is 6.09. The molecular formula is C23H25N3O2. The largest absolute Gasteiger partial charge is 0.444 e. The van der Waals surface area contributed by atoms with Crippen LogP contribution in [0.15, 0.2) is 30.3 Å². The Morgan fingerprint density at radius 3 is 2.82 bits per heavy atom. The molecule has 1 aliphatic heterocycles. The third-order valence-corrected chi connectivity index (χ3v) is 5.11. The van der Waals surface area contributed by atoms with Gasteiger partial charge in [0.25, 0.3) is 0 Å². The lowest BCUT2D eigenvalue weighted by Gasteiger charge is -2.27. The molecule has 28 heavy (non-hydrogen) atoms. The number of rotatable bonds is 1. The lowest BCUT2D eigenvalue weighted by molar-refractivity contribution is 0.0215. The van der Waals surface area contributed by atoms with Gasteiger partial charge in [-0.2, -0.15) is 0 Å². The van der Waals surface area contributed by atoms with Crippen LogP contribution in [0.3, 0.4) is 0 Å². The van der Waals surface area contributed by atoms with Gasteiger partial charge in [0, 0.05) is 17.5 Å². The van der Waals surface area contributed by atoms with Crippen molar-refractivity contribution in [3.63, 3.8) is 0 Å². The average molecular weight is 375 g/mol. The number of likely N-dealkylation sites (tertiary alicyclic amines) is 1. The summed E-state index contributed by atoms with van der Waals surface area (Å²) in [7, 11) is 0. The van der Waals surface area contributed by atoms with E-state index in [1.54, 1.807) is 4.90 Å². The van der Waals surface area contributed by atoms with Gasteiger partial charge in [-0.1, -0.05) is 25.0 Å². The molecule has 1 saturated heterocycles. The van der Waals surface area contributed by atoms with E-state index in [0.29, 0.717) is 12.5 Å². The SMILES string of the molecule is C#Cc1ccc2c(ccc3nc([C@@H]4C[C@H](C)CN4C(=O)OC(C)(C)C)[nH]c32)c1. The van der Waals surface area contributed by atoms with Gasteiger partial charge >= 0.3 is 6.09 Å². The fourth-order valence-corrected chi connectivity index (χ4v) is 3.90. The van der Waals surface area contributed by atoms with Gasteiger partial charge in [0.05, 0.1) is 17.1 Å². The number of H-pyrrole nitrogens is 1. The third kappa shape index (κ3) is 3.31. The predicted octanol–water partition coefficient (Wildman–Crippen LogP) is 5.02. The molecule has 0 unspecified atom stereocenters. The molecule has 1 aromatic heterocycles. The summed E-state index contributed by atoms with van der Waals surface area (Å²) in [6.45, 7) is 8.48. The molecule has 1 amide bonds. The van der Waals surface area contributed by atoms with Gasteiger partial charge in [0.15, 0.2) is 0 Å². The van der Waals surface area contributed by atoms with Crippen molar-refractivity contribution in [3.05, 3.63) is 41.7 Å². The van der Waals surface area contributed by atoms with E-state index in [0.717, 1.165) is 39.6 Å². The van der Waals surface area contributed by atoms with Crippen LogP contribution in [0.5, 0.6) is 0 Å². The van der Waals surface area contributed by atoms with E-state index in [-0.39, 0.29) is 12.1 Å². The fraction of sp³-hybridized carbons (Fsp3) is 0.391. The maximum Gasteiger partial charge on any atom is 0.410 e. The van der Waals surface area contributed by atoms with E-state index in [1.807, 2.05) is 51.1 Å². The lowest BCUT2D eigenvalue weighted by Crippen LogP contribution is -2.37. The molecule has 2 atom stereocenters. The molecule has 0 aliphatic carbocycles. The number of nitrogens with zero attached hydrogens (tertiary/aromatic N) is 2. The quantitative estimate of drug-likeness (QED) is 0.608. The number of hydrogen-bond acceptors (Lipinski definition) is 3. The van der Waals surface area contributed by atoms with Crippen LogP contribution in [0.4, 0.5) is 4.79 Å². The van der Waals surface area contributed by atoms with Crippen molar-refractivity contribution in [3.8, 4) is 12.3 Å².